The fraction of sp³-hybridized carbons (Fsp3) is 0.667. The van der Waals surface area contributed by atoms with Crippen molar-refractivity contribution in [1.29, 1.82) is 0 Å². The summed E-state index contributed by atoms with van der Waals surface area (Å²) >= 11 is 0. The average Bonchev–Trinajstić information content (AvgIpc) is 3.16. The Hall–Kier alpha value is -1.35. The maximum atomic E-state index is 12.3. The smallest absolute Gasteiger partial charge is 0.251 e. The molecule has 1 aromatic carbocycles. The lowest BCUT2D eigenvalue weighted by Gasteiger charge is -2.36. The molecule has 0 atom stereocenters. The van der Waals surface area contributed by atoms with E-state index in [0.29, 0.717) is 5.92 Å². The van der Waals surface area contributed by atoms with Crippen LogP contribution in [0.1, 0.15) is 67.8 Å². The van der Waals surface area contributed by atoms with E-state index in [2.05, 4.69) is 29.3 Å². The third kappa shape index (κ3) is 4.60. The second-order valence-corrected chi connectivity index (χ2v) is 7.57. The number of hydrogen-bond donors (Lipinski definition) is 1. The van der Waals surface area contributed by atoms with Gasteiger partial charge in [-0.25, -0.2) is 0 Å². The highest BCUT2D eigenvalue weighted by atomic mass is 16.1. The Morgan fingerprint density at radius 2 is 1.75 bits per heavy atom. The van der Waals surface area contributed by atoms with Crippen LogP contribution in [-0.2, 0) is 6.42 Å². The van der Waals surface area contributed by atoms with Crippen LogP contribution in [0.25, 0.3) is 0 Å². The number of benzene rings is 1. The Kier molecular flexibility index (Phi) is 6.30. The number of carbonyl (C=O) groups excluding carboxylic acids is 1. The van der Waals surface area contributed by atoms with E-state index < -0.39 is 0 Å². The predicted octanol–water partition coefficient (Wildman–Crippen LogP) is 4.02. The second kappa shape index (κ2) is 8.66. The molecule has 1 N–H and O–H groups in total. The van der Waals surface area contributed by atoms with Crippen molar-refractivity contribution in [1.82, 2.24) is 10.2 Å². The lowest BCUT2D eigenvalue weighted by atomic mass is 9.95. The highest BCUT2D eigenvalue weighted by molar-refractivity contribution is 5.94. The molecule has 0 aromatic heterocycles. The van der Waals surface area contributed by atoms with Gasteiger partial charge >= 0.3 is 0 Å². The topological polar surface area (TPSA) is 32.3 Å². The molecule has 1 heterocycles. The van der Waals surface area contributed by atoms with Gasteiger partial charge in [-0.2, -0.15) is 0 Å². The third-order valence-electron chi connectivity index (χ3n) is 5.80. The van der Waals surface area contributed by atoms with Gasteiger partial charge in [0.25, 0.3) is 5.91 Å². The van der Waals surface area contributed by atoms with E-state index in [4.69, 9.17) is 0 Å². The molecule has 132 valence electrons. The molecular formula is C21H32N2O. The Morgan fingerprint density at radius 1 is 1.08 bits per heavy atom. The van der Waals surface area contributed by atoms with Crippen molar-refractivity contribution < 1.29 is 4.79 Å². The first kappa shape index (κ1) is 17.5. The summed E-state index contributed by atoms with van der Waals surface area (Å²) in [5.74, 6) is 0.724. The molecular weight excluding hydrogens is 296 g/mol. The van der Waals surface area contributed by atoms with Gasteiger partial charge in [0.1, 0.15) is 0 Å². The third-order valence-corrected chi connectivity index (χ3v) is 5.80. The highest BCUT2D eigenvalue weighted by Gasteiger charge is 2.27. The van der Waals surface area contributed by atoms with Crippen molar-refractivity contribution in [3.8, 4) is 0 Å². The van der Waals surface area contributed by atoms with Gasteiger partial charge in [-0.3, -0.25) is 4.79 Å². The fourth-order valence-electron chi connectivity index (χ4n) is 4.24. The molecule has 1 aromatic rings. The number of carbonyl (C=O) groups is 1. The number of rotatable bonds is 6. The molecule has 0 spiro atoms. The van der Waals surface area contributed by atoms with Crippen LogP contribution in [0.2, 0.25) is 0 Å². The molecule has 3 heteroatoms. The maximum Gasteiger partial charge on any atom is 0.251 e. The van der Waals surface area contributed by atoms with Crippen LogP contribution in [0.5, 0.6) is 0 Å². The zero-order chi connectivity index (χ0) is 16.8. The van der Waals surface area contributed by atoms with E-state index in [1.807, 2.05) is 12.1 Å². The zero-order valence-corrected chi connectivity index (χ0v) is 15.1. The van der Waals surface area contributed by atoms with E-state index >= 15 is 0 Å². The van der Waals surface area contributed by atoms with Gasteiger partial charge in [0, 0.05) is 18.2 Å². The van der Waals surface area contributed by atoms with Crippen LogP contribution in [-0.4, -0.2) is 36.5 Å². The molecule has 3 nitrogen and oxygen atoms in total. The summed E-state index contributed by atoms with van der Waals surface area (Å²) in [7, 11) is 0. The van der Waals surface area contributed by atoms with Crippen LogP contribution in [0.15, 0.2) is 24.3 Å². The highest BCUT2D eigenvalue weighted by Crippen LogP contribution is 2.27. The lowest BCUT2D eigenvalue weighted by molar-refractivity contribution is 0.0924. The van der Waals surface area contributed by atoms with Gasteiger partial charge in [0.15, 0.2) is 0 Å². The van der Waals surface area contributed by atoms with Gasteiger partial charge in [-0.15, -0.1) is 0 Å². The molecule has 1 amide bonds. The zero-order valence-electron chi connectivity index (χ0n) is 15.1. The number of piperidine rings is 1. The SMILES string of the molecule is CCCc1ccc(C(=O)NCC2CCN(C3CCCC3)CC2)cc1. The maximum absolute atomic E-state index is 12.3. The van der Waals surface area contributed by atoms with Gasteiger partial charge < -0.3 is 10.2 Å². The largest absolute Gasteiger partial charge is 0.352 e. The number of nitrogens with one attached hydrogen (secondary N) is 1. The van der Waals surface area contributed by atoms with Crippen molar-refractivity contribution in [3.05, 3.63) is 35.4 Å². The van der Waals surface area contributed by atoms with E-state index in [-0.39, 0.29) is 5.91 Å². The van der Waals surface area contributed by atoms with Crippen LogP contribution in [0.3, 0.4) is 0 Å². The molecule has 0 unspecified atom stereocenters. The van der Waals surface area contributed by atoms with Crippen molar-refractivity contribution >= 4 is 5.91 Å². The van der Waals surface area contributed by atoms with Gasteiger partial charge in [0.2, 0.25) is 0 Å². The summed E-state index contributed by atoms with van der Waals surface area (Å²) in [6, 6.07) is 8.94. The van der Waals surface area contributed by atoms with Crippen LogP contribution in [0.4, 0.5) is 0 Å². The second-order valence-electron chi connectivity index (χ2n) is 7.57. The summed E-state index contributed by atoms with van der Waals surface area (Å²) in [4.78, 5) is 15.0. The normalized spacial score (nSPS) is 20.4. The van der Waals surface area contributed by atoms with E-state index in [1.54, 1.807) is 0 Å². The average molecular weight is 329 g/mol. The Bertz CT molecular complexity index is 511. The van der Waals surface area contributed by atoms with Crippen molar-refractivity contribution in [2.45, 2.75) is 64.3 Å². The van der Waals surface area contributed by atoms with Gasteiger partial charge in [0.05, 0.1) is 0 Å². The molecule has 1 saturated heterocycles. The summed E-state index contributed by atoms with van der Waals surface area (Å²) in [6.45, 7) is 5.44. The lowest BCUT2D eigenvalue weighted by Crippen LogP contribution is -2.42. The Labute approximate surface area is 146 Å². The first-order valence-electron chi connectivity index (χ1n) is 9.87. The molecule has 1 aliphatic carbocycles. The molecule has 0 bridgehead atoms. The number of aryl methyl sites for hydroxylation is 1. The minimum atomic E-state index is 0.0799. The minimum absolute atomic E-state index is 0.0799. The van der Waals surface area contributed by atoms with Crippen molar-refractivity contribution in [3.63, 3.8) is 0 Å². The molecule has 0 radical (unpaired) electrons. The standard InChI is InChI=1S/C21H32N2O/c1-2-5-17-8-10-19(11-9-17)21(24)22-16-18-12-14-23(15-13-18)20-6-3-4-7-20/h8-11,18,20H,2-7,12-16H2,1H3,(H,22,24). The monoisotopic (exact) mass is 328 g/mol. The quantitative estimate of drug-likeness (QED) is 0.855. The summed E-state index contributed by atoms with van der Waals surface area (Å²) < 4.78 is 0. The number of likely N-dealkylation sites (tertiary alicyclic amines) is 1. The Balaban J connectivity index is 1.40. The van der Waals surface area contributed by atoms with Gasteiger partial charge in [-0.1, -0.05) is 38.3 Å². The summed E-state index contributed by atoms with van der Waals surface area (Å²) in [5, 5.41) is 3.15. The molecule has 1 saturated carbocycles. The number of nitrogens with zero attached hydrogens (tertiary/aromatic N) is 1. The van der Waals surface area contributed by atoms with Gasteiger partial charge in [-0.05, 0) is 68.8 Å². The van der Waals surface area contributed by atoms with Crippen LogP contribution >= 0.6 is 0 Å². The molecule has 2 fully saturated rings. The summed E-state index contributed by atoms with van der Waals surface area (Å²) in [5.41, 5.74) is 2.10. The predicted molar refractivity (Wildman–Crippen MR) is 99.3 cm³/mol. The number of hydrogen-bond acceptors (Lipinski definition) is 2. The van der Waals surface area contributed by atoms with E-state index in [0.717, 1.165) is 31.0 Å². The van der Waals surface area contributed by atoms with Crippen molar-refractivity contribution in [2.75, 3.05) is 19.6 Å². The molecule has 2 aliphatic rings. The first-order valence-corrected chi connectivity index (χ1v) is 9.87. The van der Waals surface area contributed by atoms with Crippen molar-refractivity contribution in [2.24, 2.45) is 5.92 Å². The van der Waals surface area contributed by atoms with E-state index in [9.17, 15) is 4.79 Å². The minimum Gasteiger partial charge on any atom is -0.352 e. The van der Waals surface area contributed by atoms with E-state index in [1.165, 1.54) is 57.2 Å². The molecule has 24 heavy (non-hydrogen) atoms. The fourth-order valence-corrected chi connectivity index (χ4v) is 4.24. The van der Waals surface area contributed by atoms with Crippen LogP contribution < -0.4 is 5.32 Å². The molecule has 3 rings (SSSR count). The molecule has 1 aliphatic heterocycles. The first-order chi connectivity index (χ1) is 11.8. The summed E-state index contributed by atoms with van der Waals surface area (Å²) in [6.07, 6.45) is 10.3. The number of amides is 1. The van der Waals surface area contributed by atoms with Crippen LogP contribution in [0, 0.1) is 5.92 Å². The Morgan fingerprint density at radius 3 is 2.38 bits per heavy atom.